The first kappa shape index (κ1) is 11.4. The van der Waals surface area contributed by atoms with Crippen LogP contribution >= 0.6 is 0 Å². The van der Waals surface area contributed by atoms with Crippen molar-refractivity contribution in [3.05, 3.63) is 0 Å². The molecular formula is C11H16N2O3. The van der Waals surface area contributed by atoms with Crippen molar-refractivity contribution in [2.24, 2.45) is 5.41 Å². The van der Waals surface area contributed by atoms with Crippen molar-refractivity contribution < 1.29 is 14.6 Å². The van der Waals surface area contributed by atoms with Gasteiger partial charge in [0.2, 0.25) is 5.91 Å². The quantitative estimate of drug-likeness (QED) is 0.704. The van der Waals surface area contributed by atoms with E-state index < -0.39 is 11.0 Å². The van der Waals surface area contributed by atoms with E-state index in [4.69, 9.17) is 9.84 Å². The lowest BCUT2D eigenvalue weighted by Gasteiger charge is -2.30. The Balaban J connectivity index is 2.04. The third-order valence-electron chi connectivity index (χ3n) is 3.53. The maximum Gasteiger partial charge on any atom is 0.241 e. The second kappa shape index (κ2) is 4.04. The van der Waals surface area contributed by atoms with Gasteiger partial charge in [-0.1, -0.05) is 0 Å². The van der Waals surface area contributed by atoms with E-state index in [1.165, 1.54) is 0 Å². The zero-order valence-corrected chi connectivity index (χ0v) is 9.16. The van der Waals surface area contributed by atoms with Gasteiger partial charge in [0.25, 0.3) is 0 Å². The maximum absolute atomic E-state index is 12.1. The number of hydrogen-bond donors (Lipinski definition) is 2. The summed E-state index contributed by atoms with van der Waals surface area (Å²) in [6, 6.07) is 2.12. The maximum atomic E-state index is 12.1. The molecule has 2 rings (SSSR count). The minimum atomic E-state index is -0.955. The van der Waals surface area contributed by atoms with Gasteiger partial charge in [0, 0.05) is 13.2 Å². The molecule has 0 bridgehead atoms. The summed E-state index contributed by atoms with van der Waals surface area (Å²) in [6.07, 6.45) is 2.48. The smallest absolute Gasteiger partial charge is 0.241 e. The Hall–Kier alpha value is -1.12. The van der Waals surface area contributed by atoms with Gasteiger partial charge in [-0.25, -0.2) is 0 Å². The van der Waals surface area contributed by atoms with E-state index >= 15 is 0 Å². The number of aliphatic hydroxyl groups is 1. The number of nitrogens with one attached hydrogen (secondary N) is 1. The molecule has 0 unspecified atom stereocenters. The van der Waals surface area contributed by atoms with Gasteiger partial charge in [0.15, 0.2) is 0 Å². The predicted octanol–water partition coefficient (Wildman–Crippen LogP) is -0.0521. The summed E-state index contributed by atoms with van der Waals surface area (Å²) in [6.45, 7) is 0.858. The van der Waals surface area contributed by atoms with Crippen LogP contribution in [0, 0.1) is 16.7 Å². The highest BCUT2D eigenvalue weighted by molar-refractivity contribution is 5.86. The molecule has 1 saturated heterocycles. The summed E-state index contributed by atoms with van der Waals surface area (Å²) in [5.74, 6) is -0.246. The summed E-state index contributed by atoms with van der Waals surface area (Å²) in [7, 11) is 0. The third kappa shape index (κ3) is 1.91. The summed E-state index contributed by atoms with van der Waals surface area (Å²) in [5, 5.41) is 21.1. The number of nitriles is 1. The molecule has 0 aromatic heterocycles. The zero-order valence-electron chi connectivity index (χ0n) is 9.16. The van der Waals surface area contributed by atoms with Crippen molar-refractivity contribution in [3.8, 4) is 6.07 Å². The van der Waals surface area contributed by atoms with Crippen LogP contribution in [0.5, 0.6) is 0 Å². The summed E-state index contributed by atoms with van der Waals surface area (Å²) < 4.78 is 5.17. The van der Waals surface area contributed by atoms with Gasteiger partial charge >= 0.3 is 0 Å². The Morgan fingerprint density at radius 2 is 2.00 bits per heavy atom. The first-order valence-electron chi connectivity index (χ1n) is 5.59. The minimum absolute atomic E-state index is 0.0449. The molecule has 1 saturated carbocycles. The molecule has 1 aliphatic carbocycles. The van der Waals surface area contributed by atoms with Crippen molar-refractivity contribution in [2.45, 2.75) is 31.2 Å². The van der Waals surface area contributed by atoms with Crippen LogP contribution in [-0.2, 0) is 9.53 Å². The molecule has 2 fully saturated rings. The Labute approximate surface area is 94.4 Å². The molecule has 88 valence electrons. The van der Waals surface area contributed by atoms with Gasteiger partial charge in [-0.15, -0.1) is 0 Å². The SMILES string of the molecule is N#CC1(C(=O)NC2(CO)CC2)CCOCC1. The normalized spacial score (nSPS) is 25.5. The number of aliphatic hydroxyl groups excluding tert-OH is 1. The number of nitrogens with zero attached hydrogens (tertiary/aromatic N) is 1. The Morgan fingerprint density at radius 1 is 1.38 bits per heavy atom. The van der Waals surface area contributed by atoms with Crippen molar-refractivity contribution in [3.63, 3.8) is 0 Å². The molecule has 2 aliphatic rings. The van der Waals surface area contributed by atoms with Gasteiger partial charge in [-0.3, -0.25) is 4.79 Å². The van der Waals surface area contributed by atoms with E-state index in [0.29, 0.717) is 26.1 Å². The number of carbonyl (C=O) groups is 1. The predicted molar refractivity (Wildman–Crippen MR) is 55.3 cm³/mol. The van der Waals surface area contributed by atoms with E-state index in [1.54, 1.807) is 0 Å². The van der Waals surface area contributed by atoms with Gasteiger partial charge < -0.3 is 15.2 Å². The van der Waals surface area contributed by atoms with Gasteiger partial charge in [-0.05, 0) is 25.7 Å². The zero-order chi connectivity index (χ0) is 11.6. The molecule has 0 atom stereocenters. The molecule has 0 aromatic rings. The summed E-state index contributed by atoms with van der Waals surface area (Å²) >= 11 is 0. The van der Waals surface area contributed by atoms with E-state index in [1.807, 2.05) is 0 Å². The van der Waals surface area contributed by atoms with Crippen LogP contribution < -0.4 is 5.32 Å². The molecular weight excluding hydrogens is 208 g/mol. The molecule has 1 amide bonds. The highest BCUT2D eigenvalue weighted by Crippen LogP contribution is 2.37. The Morgan fingerprint density at radius 3 is 2.44 bits per heavy atom. The topological polar surface area (TPSA) is 82.4 Å². The molecule has 2 N–H and O–H groups in total. The average molecular weight is 224 g/mol. The van der Waals surface area contributed by atoms with Crippen LogP contribution in [-0.4, -0.2) is 36.4 Å². The second-order valence-electron chi connectivity index (χ2n) is 4.70. The molecule has 1 aliphatic heterocycles. The van der Waals surface area contributed by atoms with Crippen molar-refractivity contribution >= 4 is 5.91 Å². The first-order valence-corrected chi connectivity index (χ1v) is 5.59. The van der Waals surface area contributed by atoms with E-state index in [9.17, 15) is 10.1 Å². The van der Waals surface area contributed by atoms with Gasteiger partial charge in [0.05, 0.1) is 18.2 Å². The van der Waals surface area contributed by atoms with Gasteiger partial charge in [0.1, 0.15) is 5.41 Å². The molecule has 5 heteroatoms. The fourth-order valence-electron chi connectivity index (χ4n) is 1.94. The second-order valence-corrected chi connectivity index (χ2v) is 4.70. The standard InChI is InChI=1S/C11H16N2O3/c12-7-10(3-5-16-6-4-10)9(15)13-11(8-14)1-2-11/h14H,1-6,8H2,(H,13,15). The summed E-state index contributed by atoms with van der Waals surface area (Å²) in [4.78, 5) is 12.1. The van der Waals surface area contributed by atoms with Crippen molar-refractivity contribution in [1.82, 2.24) is 5.32 Å². The van der Waals surface area contributed by atoms with Crippen LogP contribution in [0.25, 0.3) is 0 Å². The van der Waals surface area contributed by atoms with Gasteiger partial charge in [-0.2, -0.15) is 5.26 Å². The Bertz CT molecular complexity index is 325. The van der Waals surface area contributed by atoms with E-state index in [0.717, 1.165) is 12.8 Å². The molecule has 16 heavy (non-hydrogen) atoms. The number of amides is 1. The molecule has 0 radical (unpaired) electrons. The number of hydrogen-bond acceptors (Lipinski definition) is 4. The summed E-state index contributed by atoms with van der Waals surface area (Å²) in [5.41, 5.74) is -1.40. The largest absolute Gasteiger partial charge is 0.394 e. The monoisotopic (exact) mass is 224 g/mol. The number of rotatable bonds is 3. The van der Waals surface area contributed by atoms with E-state index in [-0.39, 0.29) is 12.5 Å². The number of ether oxygens (including phenoxy) is 1. The lowest BCUT2D eigenvalue weighted by atomic mass is 9.80. The van der Waals surface area contributed by atoms with E-state index in [2.05, 4.69) is 11.4 Å². The Kier molecular flexibility index (Phi) is 2.87. The van der Waals surface area contributed by atoms with Crippen LogP contribution in [0.3, 0.4) is 0 Å². The highest BCUT2D eigenvalue weighted by atomic mass is 16.5. The molecule has 1 heterocycles. The number of carbonyl (C=O) groups excluding carboxylic acids is 1. The fraction of sp³-hybridized carbons (Fsp3) is 0.818. The van der Waals surface area contributed by atoms with Crippen molar-refractivity contribution in [1.29, 1.82) is 5.26 Å². The first-order chi connectivity index (χ1) is 7.66. The lowest BCUT2D eigenvalue weighted by Crippen LogP contribution is -2.49. The molecule has 0 spiro atoms. The van der Waals surface area contributed by atoms with Crippen molar-refractivity contribution in [2.75, 3.05) is 19.8 Å². The molecule has 5 nitrogen and oxygen atoms in total. The van der Waals surface area contributed by atoms with Crippen LogP contribution in [0.15, 0.2) is 0 Å². The fourth-order valence-corrected chi connectivity index (χ4v) is 1.94. The highest BCUT2D eigenvalue weighted by Gasteiger charge is 2.49. The third-order valence-corrected chi connectivity index (χ3v) is 3.53. The van der Waals surface area contributed by atoms with Crippen LogP contribution in [0.4, 0.5) is 0 Å². The van der Waals surface area contributed by atoms with Crippen LogP contribution in [0.1, 0.15) is 25.7 Å². The van der Waals surface area contributed by atoms with Crippen LogP contribution in [0.2, 0.25) is 0 Å². The lowest BCUT2D eigenvalue weighted by molar-refractivity contribution is -0.133. The molecule has 0 aromatic carbocycles. The average Bonchev–Trinajstić information content (AvgIpc) is 3.10. The minimum Gasteiger partial charge on any atom is -0.394 e.